The molecule has 2 heteroatoms. The molecule has 84 valence electrons. The van der Waals surface area contributed by atoms with Crippen LogP contribution < -0.4 is 5.32 Å². The lowest BCUT2D eigenvalue weighted by Crippen LogP contribution is -2.32. The zero-order valence-electron chi connectivity index (χ0n) is 9.83. The fourth-order valence-electron chi connectivity index (χ4n) is 1.77. The summed E-state index contributed by atoms with van der Waals surface area (Å²) in [6, 6.07) is 7.96. The van der Waals surface area contributed by atoms with Crippen molar-refractivity contribution in [3.8, 4) is 5.75 Å². The van der Waals surface area contributed by atoms with E-state index >= 15 is 0 Å². The van der Waals surface area contributed by atoms with E-state index in [1.807, 2.05) is 12.1 Å². The average Bonchev–Trinajstić information content (AvgIpc) is 2.18. The molecule has 2 N–H and O–H groups in total. The molecule has 0 spiro atoms. The minimum atomic E-state index is 0.340. The third kappa shape index (κ3) is 3.92. The van der Waals surface area contributed by atoms with Crippen LogP contribution in [0.15, 0.2) is 24.3 Å². The Morgan fingerprint density at radius 1 is 1.33 bits per heavy atom. The molecule has 2 nitrogen and oxygen atoms in total. The molecule has 0 fully saturated rings. The minimum absolute atomic E-state index is 0.340. The number of benzene rings is 1. The van der Waals surface area contributed by atoms with Crippen LogP contribution in [0.1, 0.15) is 32.8 Å². The lowest BCUT2D eigenvalue weighted by molar-refractivity contribution is 0.387. The number of aromatic hydroxyl groups is 1. The molecule has 1 rings (SSSR count). The standard InChI is InChI=1S/C13H21NO/c1-4-13(10(2)3)14-9-11-6-5-7-12(15)8-11/h5-8,10,13-15H,4,9H2,1-3H3. The van der Waals surface area contributed by atoms with Gasteiger partial charge in [-0.25, -0.2) is 0 Å². The first-order valence-electron chi connectivity index (χ1n) is 5.64. The van der Waals surface area contributed by atoms with Crippen molar-refractivity contribution in [3.63, 3.8) is 0 Å². The fraction of sp³-hybridized carbons (Fsp3) is 0.538. The van der Waals surface area contributed by atoms with Crippen LogP contribution in [0.3, 0.4) is 0 Å². The first-order valence-corrected chi connectivity index (χ1v) is 5.64. The molecular weight excluding hydrogens is 186 g/mol. The molecule has 0 saturated heterocycles. The lowest BCUT2D eigenvalue weighted by Gasteiger charge is -2.20. The van der Waals surface area contributed by atoms with Crippen molar-refractivity contribution in [1.82, 2.24) is 5.32 Å². The maximum absolute atomic E-state index is 9.32. The van der Waals surface area contributed by atoms with Crippen LogP contribution in [0.2, 0.25) is 0 Å². The normalized spacial score (nSPS) is 13.1. The molecular formula is C13H21NO. The summed E-state index contributed by atoms with van der Waals surface area (Å²) in [6.07, 6.45) is 1.14. The third-order valence-electron chi connectivity index (χ3n) is 2.72. The van der Waals surface area contributed by atoms with E-state index in [0.717, 1.165) is 18.5 Å². The molecule has 0 saturated carbocycles. The Balaban J connectivity index is 2.49. The Bertz CT molecular complexity index is 296. The summed E-state index contributed by atoms with van der Waals surface area (Å²) in [4.78, 5) is 0. The van der Waals surface area contributed by atoms with E-state index in [-0.39, 0.29) is 0 Å². The largest absolute Gasteiger partial charge is 0.508 e. The number of nitrogens with one attached hydrogen (secondary N) is 1. The molecule has 1 aromatic rings. The first-order chi connectivity index (χ1) is 7.13. The predicted molar refractivity (Wildman–Crippen MR) is 63.9 cm³/mol. The molecule has 15 heavy (non-hydrogen) atoms. The SMILES string of the molecule is CCC(NCc1cccc(O)c1)C(C)C. The number of phenols is 1. The highest BCUT2D eigenvalue weighted by Crippen LogP contribution is 2.12. The van der Waals surface area contributed by atoms with Crippen molar-refractivity contribution in [2.45, 2.75) is 39.8 Å². The highest BCUT2D eigenvalue weighted by molar-refractivity contribution is 5.26. The first kappa shape index (κ1) is 12.1. The summed E-state index contributed by atoms with van der Waals surface area (Å²) >= 11 is 0. The Labute approximate surface area is 92.3 Å². The summed E-state index contributed by atoms with van der Waals surface area (Å²) < 4.78 is 0. The number of hydrogen-bond acceptors (Lipinski definition) is 2. The molecule has 0 heterocycles. The molecule has 0 aromatic heterocycles. The lowest BCUT2D eigenvalue weighted by atomic mass is 10.0. The van der Waals surface area contributed by atoms with Gasteiger partial charge in [-0.1, -0.05) is 32.9 Å². The van der Waals surface area contributed by atoms with Crippen LogP contribution in [-0.4, -0.2) is 11.1 Å². The molecule has 1 unspecified atom stereocenters. The van der Waals surface area contributed by atoms with Crippen molar-refractivity contribution in [2.24, 2.45) is 5.92 Å². The van der Waals surface area contributed by atoms with Gasteiger partial charge < -0.3 is 10.4 Å². The molecule has 1 atom stereocenters. The fourth-order valence-corrected chi connectivity index (χ4v) is 1.77. The van der Waals surface area contributed by atoms with Gasteiger partial charge >= 0.3 is 0 Å². The van der Waals surface area contributed by atoms with Crippen LogP contribution in [-0.2, 0) is 6.54 Å². The van der Waals surface area contributed by atoms with Gasteiger partial charge in [-0.05, 0) is 30.0 Å². The summed E-state index contributed by atoms with van der Waals surface area (Å²) in [5.74, 6) is 0.985. The highest BCUT2D eigenvalue weighted by atomic mass is 16.3. The van der Waals surface area contributed by atoms with Crippen molar-refractivity contribution in [1.29, 1.82) is 0 Å². The van der Waals surface area contributed by atoms with Gasteiger partial charge in [-0.2, -0.15) is 0 Å². The molecule has 0 aliphatic rings. The summed E-state index contributed by atoms with van der Waals surface area (Å²) in [6.45, 7) is 7.47. The van der Waals surface area contributed by atoms with E-state index in [1.165, 1.54) is 0 Å². The second kappa shape index (κ2) is 5.76. The molecule has 0 radical (unpaired) electrons. The molecule has 0 aliphatic carbocycles. The van der Waals surface area contributed by atoms with Crippen LogP contribution in [0.25, 0.3) is 0 Å². The Morgan fingerprint density at radius 2 is 2.07 bits per heavy atom. The Hall–Kier alpha value is -1.02. The second-order valence-electron chi connectivity index (χ2n) is 4.31. The van der Waals surface area contributed by atoms with Gasteiger partial charge in [0.15, 0.2) is 0 Å². The van der Waals surface area contributed by atoms with Gasteiger partial charge in [-0.15, -0.1) is 0 Å². The molecule has 1 aromatic carbocycles. The van der Waals surface area contributed by atoms with E-state index in [0.29, 0.717) is 17.7 Å². The molecule has 0 aliphatic heterocycles. The van der Waals surface area contributed by atoms with Crippen LogP contribution in [0, 0.1) is 5.92 Å². The van der Waals surface area contributed by atoms with E-state index in [1.54, 1.807) is 12.1 Å². The Morgan fingerprint density at radius 3 is 2.60 bits per heavy atom. The second-order valence-corrected chi connectivity index (χ2v) is 4.31. The van der Waals surface area contributed by atoms with E-state index in [2.05, 4.69) is 26.1 Å². The summed E-state index contributed by atoms with van der Waals surface area (Å²) in [5, 5.41) is 12.8. The van der Waals surface area contributed by atoms with Crippen molar-refractivity contribution in [3.05, 3.63) is 29.8 Å². The number of rotatable bonds is 5. The molecule has 0 bridgehead atoms. The average molecular weight is 207 g/mol. The number of hydrogen-bond donors (Lipinski definition) is 2. The van der Waals surface area contributed by atoms with Crippen LogP contribution in [0.4, 0.5) is 0 Å². The molecule has 0 amide bonds. The van der Waals surface area contributed by atoms with E-state index in [9.17, 15) is 5.11 Å². The maximum atomic E-state index is 9.32. The highest BCUT2D eigenvalue weighted by Gasteiger charge is 2.09. The van der Waals surface area contributed by atoms with E-state index < -0.39 is 0 Å². The zero-order valence-corrected chi connectivity index (χ0v) is 9.83. The smallest absolute Gasteiger partial charge is 0.115 e. The topological polar surface area (TPSA) is 32.3 Å². The summed E-state index contributed by atoms with van der Waals surface area (Å²) in [5.41, 5.74) is 1.13. The van der Waals surface area contributed by atoms with Crippen molar-refractivity contribution >= 4 is 0 Å². The zero-order chi connectivity index (χ0) is 11.3. The Kier molecular flexibility index (Phi) is 4.63. The third-order valence-corrected chi connectivity index (χ3v) is 2.72. The van der Waals surface area contributed by atoms with Gasteiger partial charge in [0.25, 0.3) is 0 Å². The predicted octanol–water partition coefficient (Wildman–Crippen LogP) is 2.92. The summed E-state index contributed by atoms with van der Waals surface area (Å²) in [7, 11) is 0. The van der Waals surface area contributed by atoms with Gasteiger partial charge in [0.1, 0.15) is 5.75 Å². The van der Waals surface area contributed by atoms with Crippen molar-refractivity contribution < 1.29 is 5.11 Å². The van der Waals surface area contributed by atoms with E-state index in [4.69, 9.17) is 0 Å². The number of phenolic OH excluding ortho intramolecular Hbond substituents is 1. The van der Waals surface area contributed by atoms with Gasteiger partial charge in [-0.3, -0.25) is 0 Å². The minimum Gasteiger partial charge on any atom is -0.508 e. The van der Waals surface area contributed by atoms with Crippen molar-refractivity contribution in [2.75, 3.05) is 0 Å². The van der Waals surface area contributed by atoms with Gasteiger partial charge in [0.05, 0.1) is 0 Å². The van der Waals surface area contributed by atoms with Gasteiger partial charge in [0.2, 0.25) is 0 Å². The van der Waals surface area contributed by atoms with Crippen LogP contribution in [0.5, 0.6) is 5.75 Å². The maximum Gasteiger partial charge on any atom is 0.115 e. The quantitative estimate of drug-likeness (QED) is 0.778. The van der Waals surface area contributed by atoms with Crippen LogP contribution >= 0.6 is 0 Å². The van der Waals surface area contributed by atoms with Gasteiger partial charge in [0, 0.05) is 12.6 Å². The monoisotopic (exact) mass is 207 g/mol.